The molecule has 0 fully saturated rings. The SMILES string of the molecule is CCCCCCCCCCCCCC=CC(O)C(N)COC(=O)C(Cl)(Cl)Cl. The Morgan fingerprint density at radius 2 is 1.48 bits per heavy atom. The number of hydrogen-bond acceptors (Lipinski definition) is 4. The zero-order valence-electron chi connectivity index (χ0n) is 16.5. The number of halogens is 3. The maximum absolute atomic E-state index is 11.3. The molecule has 7 heteroatoms. The Bertz CT molecular complexity index is 400. The number of alkyl halides is 3. The Morgan fingerprint density at radius 3 is 1.96 bits per heavy atom. The van der Waals surface area contributed by atoms with E-state index in [0.29, 0.717) is 0 Å². The summed E-state index contributed by atoms with van der Waals surface area (Å²) in [5.74, 6) is -1.000. The second kappa shape index (κ2) is 16.9. The van der Waals surface area contributed by atoms with Crippen molar-refractivity contribution in [2.75, 3.05) is 6.61 Å². The molecule has 0 saturated heterocycles. The van der Waals surface area contributed by atoms with Gasteiger partial charge in [-0.15, -0.1) is 0 Å². The van der Waals surface area contributed by atoms with E-state index < -0.39 is 21.9 Å². The van der Waals surface area contributed by atoms with Gasteiger partial charge in [-0.25, -0.2) is 4.79 Å². The highest BCUT2D eigenvalue weighted by molar-refractivity contribution is 6.75. The summed E-state index contributed by atoms with van der Waals surface area (Å²) in [6.45, 7) is 2.03. The average Bonchev–Trinajstić information content (AvgIpc) is 2.62. The Balaban J connectivity index is 3.57. The van der Waals surface area contributed by atoms with Crippen LogP contribution in [0.3, 0.4) is 0 Å². The van der Waals surface area contributed by atoms with Crippen molar-refractivity contribution in [3.05, 3.63) is 12.2 Å². The number of esters is 1. The lowest BCUT2D eigenvalue weighted by atomic mass is 10.0. The first-order valence-electron chi connectivity index (χ1n) is 10.1. The van der Waals surface area contributed by atoms with Crippen molar-refractivity contribution in [1.82, 2.24) is 0 Å². The molecule has 3 N–H and O–H groups in total. The van der Waals surface area contributed by atoms with E-state index >= 15 is 0 Å². The molecule has 0 radical (unpaired) electrons. The van der Waals surface area contributed by atoms with Crippen molar-refractivity contribution in [2.24, 2.45) is 5.73 Å². The predicted molar refractivity (Wildman–Crippen MR) is 115 cm³/mol. The lowest BCUT2D eigenvalue weighted by Crippen LogP contribution is -2.39. The number of aliphatic hydroxyl groups is 1. The van der Waals surface area contributed by atoms with Crippen LogP contribution in [0.15, 0.2) is 12.2 Å². The van der Waals surface area contributed by atoms with Crippen LogP contribution < -0.4 is 5.73 Å². The summed E-state index contributed by atoms with van der Waals surface area (Å²) in [5.41, 5.74) is 5.75. The summed E-state index contributed by atoms with van der Waals surface area (Å²) >= 11 is 16.1. The molecule has 2 atom stereocenters. The average molecular weight is 445 g/mol. The molecule has 0 saturated carbocycles. The van der Waals surface area contributed by atoms with Gasteiger partial charge in [0.2, 0.25) is 0 Å². The lowest BCUT2D eigenvalue weighted by molar-refractivity contribution is -0.143. The van der Waals surface area contributed by atoms with Crippen LogP contribution in [0.5, 0.6) is 0 Å². The van der Waals surface area contributed by atoms with Crippen LogP contribution in [0.25, 0.3) is 0 Å². The van der Waals surface area contributed by atoms with Crippen LogP contribution >= 0.6 is 34.8 Å². The monoisotopic (exact) mass is 443 g/mol. The van der Waals surface area contributed by atoms with Crippen molar-refractivity contribution in [1.29, 1.82) is 0 Å². The van der Waals surface area contributed by atoms with Gasteiger partial charge in [-0.3, -0.25) is 0 Å². The van der Waals surface area contributed by atoms with Crippen molar-refractivity contribution in [2.45, 2.75) is 99.9 Å². The van der Waals surface area contributed by atoms with E-state index in [-0.39, 0.29) is 6.61 Å². The van der Waals surface area contributed by atoms with Gasteiger partial charge in [0.25, 0.3) is 3.79 Å². The molecule has 0 aromatic carbocycles. The van der Waals surface area contributed by atoms with Gasteiger partial charge < -0.3 is 15.6 Å². The maximum atomic E-state index is 11.3. The number of carbonyl (C=O) groups is 1. The van der Waals surface area contributed by atoms with E-state index in [9.17, 15) is 9.90 Å². The van der Waals surface area contributed by atoms with Crippen LogP contribution in [0, 0.1) is 0 Å². The van der Waals surface area contributed by atoms with Gasteiger partial charge in [-0.2, -0.15) is 0 Å². The van der Waals surface area contributed by atoms with E-state index in [4.69, 9.17) is 45.3 Å². The minimum absolute atomic E-state index is 0.212. The zero-order valence-corrected chi connectivity index (χ0v) is 18.7. The Labute approximate surface area is 179 Å². The van der Waals surface area contributed by atoms with Gasteiger partial charge in [-0.1, -0.05) is 118 Å². The molecule has 0 aromatic rings. The first kappa shape index (κ1) is 27.0. The summed E-state index contributed by atoms with van der Waals surface area (Å²) in [6, 6.07) is -0.755. The Hall–Kier alpha value is -0.000000000000000111. The van der Waals surface area contributed by atoms with Gasteiger partial charge >= 0.3 is 5.97 Å². The van der Waals surface area contributed by atoms with Gasteiger partial charge in [0.05, 0.1) is 12.1 Å². The number of aliphatic hydroxyl groups excluding tert-OH is 1. The molecule has 2 unspecified atom stereocenters. The number of hydrogen-bond donors (Lipinski definition) is 2. The highest BCUT2D eigenvalue weighted by atomic mass is 35.6. The zero-order chi connectivity index (χ0) is 20.5. The summed E-state index contributed by atoms with van der Waals surface area (Å²) in [5, 5.41) is 9.91. The summed E-state index contributed by atoms with van der Waals surface area (Å²) in [7, 11) is 0. The number of rotatable bonds is 16. The first-order valence-corrected chi connectivity index (χ1v) is 11.3. The molecule has 0 aromatic heterocycles. The molecular formula is C20H36Cl3NO3. The molecule has 4 nitrogen and oxygen atoms in total. The van der Waals surface area contributed by atoms with Gasteiger partial charge in [-0.05, 0) is 12.8 Å². The molecule has 0 aliphatic carbocycles. The number of unbranched alkanes of at least 4 members (excludes halogenated alkanes) is 11. The number of nitrogens with two attached hydrogens (primary N) is 1. The van der Waals surface area contributed by atoms with Crippen molar-refractivity contribution < 1.29 is 14.6 Å². The normalized spacial score (nSPS) is 14.4. The summed E-state index contributed by atoms with van der Waals surface area (Å²) in [4.78, 5) is 11.3. The Kier molecular flexibility index (Phi) is 16.9. The van der Waals surface area contributed by atoms with Crippen LogP contribution in [0.1, 0.15) is 84.0 Å². The topological polar surface area (TPSA) is 72.6 Å². The first-order chi connectivity index (χ1) is 12.8. The number of carbonyl (C=O) groups excluding carboxylic acids is 1. The molecule has 0 heterocycles. The van der Waals surface area contributed by atoms with E-state index in [1.807, 2.05) is 6.08 Å². The van der Waals surface area contributed by atoms with E-state index in [1.165, 1.54) is 64.2 Å². The molecule has 0 bridgehead atoms. The second-order valence-corrected chi connectivity index (χ2v) is 9.28. The molecule has 160 valence electrons. The van der Waals surface area contributed by atoms with Crippen molar-refractivity contribution >= 4 is 40.8 Å². The van der Waals surface area contributed by atoms with Crippen LogP contribution in [0.4, 0.5) is 0 Å². The highest BCUT2D eigenvalue weighted by Gasteiger charge is 2.33. The third kappa shape index (κ3) is 16.6. The van der Waals surface area contributed by atoms with Crippen LogP contribution in [0.2, 0.25) is 0 Å². The van der Waals surface area contributed by atoms with Crippen molar-refractivity contribution in [3.8, 4) is 0 Å². The fraction of sp³-hybridized carbons (Fsp3) is 0.850. The second-order valence-electron chi connectivity index (χ2n) is 7.00. The molecule has 0 rings (SSSR count). The molecule has 27 heavy (non-hydrogen) atoms. The summed E-state index contributed by atoms with van der Waals surface area (Å²) < 4.78 is 2.63. The Morgan fingerprint density at radius 1 is 1.00 bits per heavy atom. The van der Waals surface area contributed by atoms with Crippen LogP contribution in [-0.4, -0.2) is 33.6 Å². The molecule has 0 spiro atoms. The van der Waals surface area contributed by atoms with Crippen LogP contribution in [-0.2, 0) is 9.53 Å². The maximum Gasteiger partial charge on any atom is 0.358 e. The van der Waals surface area contributed by atoms with Gasteiger partial charge in [0, 0.05) is 0 Å². The minimum atomic E-state index is -2.13. The number of allylic oxidation sites excluding steroid dienone is 1. The fourth-order valence-corrected chi connectivity index (χ4v) is 2.82. The standard InChI is InChI=1S/C20H36Cl3NO3/c1-2-3-4-5-6-7-8-9-10-11-12-13-14-15-18(25)17(24)16-27-19(26)20(21,22)23/h14-15,17-18,25H,2-13,16,24H2,1H3. The highest BCUT2D eigenvalue weighted by Crippen LogP contribution is 2.27. The minimum Gasteiger partial charge on any atom is -0.461 e. The third-order valence-corrected chi connectivity index (χ3v) is 4.85. The molecule has 0 aliphatic rings. The number of ether oxygens (including phenoxy) is 1. The molecule has 0 aliphatic heterocycles. The third-order valence-electron chi connectivity index (χ3n) is 4.38. The summed E-state index contributed by atoms with van der Waals surface area (Å²) in [6.07, 6.45) is 17.9. The smallest absolute Gasteiger partial charge is 0.358 e. The molecule has 0 amide bonds. The van der Waals surface area contributed by atoms with Gasteiger partial charge in [0.1, 0.15) is 6.61 Å². The lowest BCUT2D eigenvalue weighted by Gasteiger charge is -2.17. The van der Waals surface area contributed by atoms with Gasteiger partial charge in [0.15, 0.2) is 0 Å². The predicted octanol–water partition coefficient (Wildman–Crippen LogP) is 5.85. The largest absolute Gasteiger partial charge is 0.461 e. The van der Waals surface area contributed by atoms with Crippen molar-refractivity contribution in [3.63, 3.8) is 0 Å². The van der Waals surface area contributed by atoms with E-state index in [2.05, 4.69) is 6.92 Å². The fourth-order valence-electron chi connectivity index (χ4n) is 2.66. The quantitative estimate of drug-likeness (QED) is 0.136. The van der Waals surface area contributed by atoms with E-state index in [0.717, 1.165) is 12.8 Å². The molecular weight excluding hydrogens is 409 g/mol. The van der Waals surface area contributed by atoms with E-state index in [1.54, 1.807) is 6.08 Å².